The molecule has 1 heterocycles. The van der Waals surface area contributed by atoms with E-state index in [0.29, 0.717) is 28.3 Å². The second-order valence-electron chi connectivity index (χ2n) is 7.96. The van der Waals surface area contributed by atoms with Crippen molar-refractivity contribution in [2.24, 2.45) is 0 Å². The van der Waals surface area contributed by atoms with Gasteiger partial charge < -0.3 is 30.2 Å². The second-order valence-corrected chi connectivity index (χ2v) is 7.96. The van der Waals surface area contributed by atoms with Crippen molar-refractivity contribution < 1.29 is 33.4 Å². The van der Waals surface area contributed by atoms with Gasteiger partial charge in [-0.2, -0.15) is 0 Å². The molecule has 0 aromatic heterocycles. The predicted octanol–water partition coefficient (Wildman–Crippen LogP) is 2.00. The minimum absolute atomic E-state index is 0.0878. The summed E-state index contributed by atoms with van der Waals surface area (Å²) in [5.74, 6) is -1.15. The van der Waals surface area contributed by atoms with Crippen molar-refractivity contribution in [1.82, 2.24) is 10.6 Å². The molecule has 2 aliphatic rings. The number of anilines is 1. The van der Waals surface area contributed by atoms with Gasteiger partial charge in [0.1, 0.15) is 6.54 Å². The number of amides is 3. The highest BCUT2D eigenvalue weighted by molar-refractivity contribution is 6.04. The van der Waals surface area contributed by atoms with Crippen LogP contribution in [0.2, 0.25) is 0 Å². The molecule has 3 amide bonds. The van der Waals surface area contributed by atoms with E-state index >= 15 is 0 Å². The van der Waals surface area contributed by atoms with E-state index in [-0.39, 0.29) is 18.7 Å². The van der Waals surface area contributed by atoms with E-state index in [0.717, 1.165) is 25.7 Å². The van der Waals surface area contributed by atoms with Crippen molar-refractivity contribution in [1.29, 1.82) is 0 Å². The van der Waals surface area contributed by atoms with Gasteiger partial charge in [-0.3, -0.25) is 19.2 Å². The fourth-order valence-corrected chi connectivity index (χ4v) is 3.80. The lowest BCUT2D eigenvalue weighted by Gasteiger charge is -2.15. The van der Waals surface area contributed by atoms with Gasteiger partial charge in [-0.25, -0.2) is 0 Å². The summed E-state index contributed by atoms with van der Waals surface area (Å²) < 4.78 is 15.3. The average Bonchev–Trinajstić information content (AvgIpc) is 3.53. The van der Waals surface area contributed by atoms with Crippen molar-refractivity contribution in [2.75, 3.05) is 25.3 Å². The lowest BCUT2D eigenvalue weighted by Crippen LogP contribution is -2.34. The summed E-state index contributed by atoms with van der Waals surface area (Å²) in [6.45, 7) is -0.886. The van der Waals surface area contributed by atoms with Gasteiger partial charge in [0.2, 0.25) is 6.79 Å². The van der Waals surface area contributed by atoms with Crippen LogP contribution < -0.4 is 25.4 Å². The zero-order chi connectivity index (χ0) is 23.9. The Morgan fingerprint density at radius 1 is 0.941 bits per heavy atom. The smallest absolute Gasteiger partial charge is 0.325 e. The molecule has 1 aliphatic carbocycles. The fourth-order valence-electron chi connectivity index (χ4n) is 3.80. The van der Waals surface area contributed by atoms with Crippen LogP contribution in [-0.2, 0) is 14.3 Å². The van der Waals surface area contributed by atoms with Crippen LogP contribution >= 0.6 is 0 Å². The molecule has 0 bridgehead atoms. The lowest BCUT2D eigenvalue weighted by molar-refractivity contribution is -0.146. The van der Waals surface area contributed by atoms with Crippen molar-refractivity contribution >= 4 is 29.4 Å². The Kier molecular flexibility index (Phi) is 7.26. The summed E-state index contributed by atoms with van der Waals surface area (Å²) in [6.07, 6.45) is 4.07. The first-order chi connectivity index (χ1) is 16.5. The molecule has 10 heteroatoms. The maximum atomic E-state index is 12.6. The predicted molar refractivity (Wildman–Crippen MR) is 121 cm³/mol. The van der Waals surface area contributed by atoms with Gasteiger partial charge in [0, 0.05) is 11.6 Å². The Morgan fingerprint density at radius 2 is 1.71 bits per heavy atom. The zero-order valence-corrected chi connectivity index (χ0v) is 18.4. The Morgan fingerprint density at radius 3 is 2.53 bits per heavy atom. The lowest BCUT2D eigenvalue weighted by atomic mass is 10.1. The Labute approximate surface area is 195 Å². The molecule has 0 radical (unpaired) electrons. The number of ether oxygens (including phenoxy) is 3. The second kappa shape index (κ2) is 10.7. The van der Waals surface area contributed by atoms with Gasteiger partial charge in [0.25, 0.3) is 17.7 Å². The molecule has 2 aromatic rings. The summed E-state index contributed by atoms with van der Waals surface area (Å²) in [5, 5.41) is 8.01. The van der Waals surface area contributed by atoms with Gasteiger partial charge in [-0.05, 0) is 43.2 Å². The maximum Gasteiger partial charge on any atom is 0.325 e. The summed E-state index contributed by atoms with van der Waals surface area (Å²) in [6, 6.07) is 11.4. The molecular formula is C24H25N3O7. The monoisotopic (exact) mass is 467 g/mol. The molecule has 1 aliphatic heterocycles. The van der Waals surface area contributed by atoms with Crippen molar-refractivity contribution in [3.05, 3.63) is 53.6 Å². The first-order valence-corrected chi connectivity index (χ1v) is 11.0. The van der Waals surface area contributed by atoms with Crippen molar-refractivity contribution in [3.8, 4) is 11.5 Å². The fraction of sp³-hybridized carbons (Fsp3) is 0.333. The van der Waals surface area contributed by atoms with Gasteiger partial charge >= 0.3 is 5.97 Å². The van der Waals surface area contributed by atoms with E-state index in [1.165, 1.54) is 6.07 Å². The average molecular weight is 467 g/mol. The largest absolute Gasteiger partial charge is 0.454 e. The topological polar surface area (TPSA) is 132 Å². The number of hydrogen-bond acceptors (Lipinski definition) is 7. The summed E-state index contributed by atoms with van der Waals surface area (Å²) in [4.78, 5) is 49.1. The standard InChI is InChI=1S/C24H25N3O7/c28-21(27-18-8-4-3-7-17(18)24(31)26-16-5-1-2-6-16)13-32-22(29)12-25-23(30)15-9-10-19-20(11-15)34-14-33-19/h3-4,7-11,16H,1-2,5-6,12-14H2,(H,25,30)(H,26,31)(H,27,28). The van der Waals surface area contributed by atoms with Crippen LogP contribution in [0.1, 0.15) is 46.4 Å². The van der Waals surface area contributed by atoms with E-state index < -0.39 is 30.9 Å². The van der Waals surface area contributed by atoms with E-state index in [2.05, 4.69) is 16.0 Å². The normalized spacial score (nSPS) is 14.4. The molecule has 34 heavy (non-hydrogen) atoms. The summed E-state index contributed by atoms with van der Waals surface area (Å²) in [7, 11) is 0. The van der Waals surface area contributed by atoms with Crippen LogP contribution in [0.25, 0.3) is 0 Å². The summed E-state index contributed by atoms with van der Waals surface area (Å²) in [5.41, 5.74) is 0.961. The number of carbonyl (C=O) groups is 4. The molecule has 4 rings (SSSR count). The molecule has 10 nitrogen and oxygen atoms in total. The Balaban J connectivity index is 1.23. The molecule has 0 atom stereocenters. The Bertz CT molecular complexity index is 1100. The molecule has 178 valence electrons. The van der Waals surface area contributed by atoms with Gasteiger partial charge in [0.15, 0.2) is 18.1 Å². The highest BCUT2D eigenvalue weighted by atomic mass is 16.7. The number of para-hydroxylation sites is 1. The molecule has 3 N–H and O–H groups in total. The molecule has 2 aromatic carbocycles. The van der Waals surface area contributed by atoms with Gasteiger partial charge in [0.05, 0.1) is 11.3 Å². The molecule has 0 unspecified atom stereocenters. The first-order valence-electron chi connectivity index (χ1n) is 11.0. The van der Waals surface area contributed by atoms with Crippen LogP contribution in [0, 0.1) is 0 Å². The highest BCUT2D eigenvalue weighted by Crippen LogP contribution is 2.32. The molecule has 0 spiro atoms. The third-order valence-corrected chi connectivity index (χ3v) is 5.53. The van der Waals surface area contributed by atoms with Crippen LogP contribution in [0.5, 0.6) is 11.5 Å². The number of esters is 1. The van der Waals surface area contributed by atoms with Crippen molar-refractivity contribution in [3.63, 3.8) is 0 Å². The van der Waals surface area contributed by atoms with E-state index in [4.69, 9.17) is 14.2 Å². The zero-order valence-electron chi connectivity index (χ0n) is 18.4. The molecule has 0 saturated heterocycles. The van der Waals surface area contributed by atoms with Gasteiger partial charge in [-0.15, -0.1) is 0 Å². The number of carbonyl (C=O) groups excluding carboxylic acids is 4. The minimum Gasteiger partial charge on any atom is -0.454 e. The summed E-state index contributed by atoms with van der Waals surface area (Å²) >= 11 is 0. The maximum absolute atomic E-state index is 12.6. The third-order valence-electron chi connectivity index (χ3n) is 5.53. The number of rotatable bonds is 8. The number of nitrogens with one attached hydrogen (secondary N) is 3. The number of hydrogen-bond donors (Lipinski definition) is 3. The molecule has 1 saturated carbocycles. The highest BCUT2D eigenvalue weighted by Gasteiger charge is 2.21. The van der Waals surface area contributed by atoms with Crippen LogP contribution in [-0.4, -0.2) is 49.7 Å². The quantitative estimate of drug-likeness (QED) is 0.506. The third kappa shape index (κ3) is 5.83. The molecule has 1 fully saturated rings. The van der Waals surface area contributed by atoms with Crippen LogP contribution in [0.3, 0.4) is 0 Å². The molecular weight excluding hydrogens is 442 g/mol. The van der Waals surface area contributed by atoms with E-state index in [1.54, 1.807) is 36.4 Å². The van der Waals surface area contributed by atoms with Crippen LogP contribution in [0.15, 0.2) is 42.5 Å². The van der Waals surface area contributed by atoms with Gasteiger partial charge in [-0.1, -0.05) is 25.0 Å². The first kappa shape index (κ1) is 23.1. The van der Waals surface area contributed by atoms with E-state index in [1.807, 2.05) is 0 Å². The minimum atomic E-state index is -0.781. The van der Waals surface area contributed by atoms with Crippen LogP contribution in [0.4, 0.5) is 5.69 Å². The number of benzene rings is 2. The van der Waals surface area contributed by atoms with E-state index in [9.17, 15) is 19.2 Å². The SMILES string of the molecule is O=C(COC(=O)CNC(=O)c1ccc2c(c1)OCO2)Nc1ccccc1C(=O)NC1CCCC1. The Hall–Kier alpha value is -4.08. The van der Waals surface area contributed by atoms with Crippen molar-refractivity contribution in [2.45, 2.75) is 31.7 Å². The number of fused-ring (bicyclic) bond motifs is 1.